The molecule has 0 fully saturated rings. The van der Waals surface area contributed by atoms with Crippen molar-refractivity contribution in [2.24, 2.45) is 0 Å². The van der Waals surface area contributed by atoms with Gasteiger partial charge in [0.15, 0.2) is 5.69 Å². The molecule has 0 radical (unpaired) electrons. The van der Waals surface area contributed by atoms with E-state index in [4.69, 9.17) is 4.74 Å². The van der Waals surface area contributed by atoms with Crippen LogP contribution in [0.2, 0.25) is 0 Å². The zero-order valence-electron chi connectivity index (χ0n) is 17.0. The standard InChI is InChI=1S/C22H20N4O3S2/c1-3-29-22(28)18-16(17-10-7-11-30-17)13-31-21(18)23-20(27)19-14(2)26(25-24-19)12-15-8-5-4-6-9-15/h4-11,13H,3,12H2,1-2H3,(H,23,27). The Bertz CT molecular complexity index is 1200. The summed E-state index contributed by atoms with van der Waals surface area (Å²) < 4.78 is 6.92. The van der Waals surface area contributed by atoms with Crippen LogP contribution in [0.15, 0.2) is 53.2 Å². The minimum absolute atomic E-state index is 0.219. The molecule has 0 aliphatic rings. The Morgan fingerprint density at radius 2 is 1.94 bits per heavy atom. The number of thiophene rings is 2. The molecule has 0 saturated carbocycles. The van der Waals surface area contributed by atoms with E-state index in [1.54, 1.807) is 18.5 Å². The molecule has 7 nitrogen and oxygen atoms in total. The van der Waals surface area contributed by atoms with E-state index in [1.807, 2.05) is 53.2 Å². The number of aromatic nitrogens is 3. The fourth-order valence-electron chi connectivity index (χ4n) is 3.11. The van der Waals surface area contributed by atoms with Gasteiger partial charge < -0.3 is 10.1 Å². The van der Waals surface area contributed by atoms with Gasteiger partial charge in [-0.15, -0.1) is 27.8 Å². The number of benzene rings is 1. The van der Waals surface area contributed by atoms with Crippen molar-refractivity contribution in [1.29, 1.82) is 0 Å². The zero-order valence-corrected chi connectivity index (χ0v) is 18.6. The summed E-state index contributed by atoms with van der Waals surface area (Å²) in [4.78, 5) is 26.5. The van der Waals surface area contributed by atoms with Crippen LogP contribution in [-0.4, -0.2) is 33.5 Å². The van der Waals surface area contributed by atoms with Crippen molar-refractivity contribution in [3.05, 3.63) is 75.7 Å². The molecule has 4 aromatic rings. The van der Waals surface area contributed by atoms with E-state index >= 15 is 0 Å². The van der Waals surface area contributed by atoms with Gasteiger partial charge in [0.2, 0.25) is 0 Å². The average molecular weight is 453 g/mol. The van der Waals surface area contributed by atoms with Gasteiger partial charge in [-0.05, 0) is 30.9 Å². The third kappa shape index (κ3) is 4.42. The number of nitrogens with zero attached hydrogens (tertiary/aromatic N) is 3. The first-order chi connectivity index (χ1) is 15.1. The average Bonchev–Trinajstić information content (AvgIpc) is 3.50. The van der Waals surface area contributed by atoms with E-state index in [2.05, 4.69) is 15.6 Å². The molecule has 0 aliphatic carbocycles. The lowest BCUT2D eigenvalue weighted by molar-refractivity contribution is 0.0529. The van der Waals surface area contributed by atoms with Gasteiger partial charge >= 0.3 is 5.97 Å². The maximum atomic E-state index is 13.0. The SMILES string of the molecule is CCOC(=O)c1c(-c2cccs2)csc1NC(=O)c1nnn(Cc2ccccc2)c1C. The first-order valence-electron chi connectivity index (χ1n) is 9.66. The van der Waals surface area contributed by atoms with E-state index in [1.165, 1.54) is 22.7 Å². The van der Waals surface area contributed by atoms with Crippen molar-refractivity contribution in [1.82, 2.24) is 15.0 Å². The molecule has 1 amide bonds. The molecule has 0 unspecified atom stereocenters. The summed E-state index contributed by atoms with van der Waals surface area (Å²) in [6, 6.07) is 13.7. The fraction of sp³-hybridized carbons (Fsp3) is 0.182. The summed E-state index contributed by atoms with van der Waals surface area (Å²) in [7, 11) is 0. The molecular formula is C22H20N4O3S2. The van der Waals surface area contributed by atoms with Crippen LogP contribution in [0.5, 0.6) is 0 Å². The van der Waals surface area contributed by atoms with Gasteiger partial charge in [-0.25, -0.2) is 9.48 Å². The minimum Gasteiger partial charge on any atom is -0.462 e. The van der Waals surface area contributed by atoms with E-state index in [0.29, 0.717) is 22.8 Å². The number of rotatable bonds is 7. The van der Waals surface area contributed by atoms with Crippen molar-refractivity contribution >= 4 is 39.6 Å². The highest BCUT2D eigenvalue weighted by Gasteiger charge is 2.25. The smallest absolute Gasteiger partial charge is 0.341 e. The largest absolute Gasteiger partial charge is 0.462 e. The van der Waals surface area contributed by atoms with Gasteiger partial charge in [0.1, 0.15) is 10.6 Å². The maximum absolute atomic E-state index is 13.0. The molecule has 1 N–H and O–H groups in total. The number of hydrogen-bond donors (Lipinski definition) is 1. The molecule has 31 heavy (non-hydrogen) atoms. The normalized spacial score (nSPS) is 10.8. The summed E-state index contributed by atoms with van der Waals surface area (Å²) in [5.41, 5.74) is 3.03. The number of esters is 1. The van der Waals surface area contributed by atoms with Gasteiger partial charge in [-0.1, -0.05) is 41.6 Å². The predicted octanol–water partition coefficient (Wildman–Crippen LogP) is 4.85. The zero-order chi connectivity index (χ0) is 21.8. The quantitative estimate of drug-likeness (QED) is 0.405. The summed E-state index contributed by atoms with van der Waals surface area (Å²) in [5, 5.41) is 15.3. The van der Waals surface area contributed by atoms with Gasteiger partial charge in [-0.2, -0.15) is 0 Å². The first-order valence-corrected chi connectivity index (χ1v) is 11.4. The molecule has 9 heteroatoms. The molecule has 0 aliphatic heterocycles. The van der Waals surface area contributed by atoms with Crippen LogP contribution in [0.3, 0.4) is 0 Å². The number of nitrogens with one attached hydrogen (secondary N) is 1. The molecule has 1 aromatic carbocycles. The Morgan fingerprint density at radius 1 is 1.13 bits per heavy atom. The molecule has 0 bridgehead atoms. The maximum Gasteiger partial charge on any atom is 0.341 e. The second kappa shape index (κ2) is 9.23. The van der Waals surface area contributed by atoms with Crippen LogP contribution in [0.4, 0.5) is 5.00 Å². The number of anilines is 1. The van der Waals surface area contributed by atoms with Gasteiger partial charge in [0.05, 0.1) is 18.8 Å². The molecule has 3 heterocycles. The fourth-order valence-corrected chi connectivity index (χ4v) is 4.87. The summed E-state index contributed by atoms with van der Waals surface area (Å²) >= 11 is 2.81. The van der Waals surface area contributed by atoms with E-state index in [-0.39, 0.29) is 12.3 Å². The van der Waals surface area contributed by atoms with Gasteiger partial charge in [0, 0.05) is 15.8 Å². The highest BCUT2D eigenvalue weighted by atomic mass is 32.1. The second-order valence-corrected chi connectivity index (χ2v) is 8.50. The van der Waals surface area contributed by atoms with Crippen molar-refractivity contribution in [3.63, 3.8) is 0 Å². The van der Waals surface area contributed by atoms with Crippen LogP contribution in [0, 0.1) is 6.92 Å². The van der Waals surface area contributed by atoms with Crippen LogP contribution in [0.1, 0.15) is 39.0 Å². The lowest BCUT2D eigenvalue weighted by Gasteiger charge is -2.08. The van der Waals surface area contributed by atoms with Crippen LogP contribution < -0.4 is 5.32 Å². The molecule has 0 atom stereocenters. The Hall–Kier alpha value is -3.30. The van der Waals surface area contributed by atoms with Crippen molar-refractivity contribution < 1.29 is 14.3 Å². The Balaban J connectivity index is 1.60. The van der Waals surface area contributed by atoms with E-state index < -0.39 is 11.9 Å². The first kappa shape index (κ1) is 21.0. The van der Waals surface area contributed by atoms with Crippen molar-refractivity contribution in [2.75, 3.05) is 11.9 Å². The number of hydrogen-bond acceptors (Lipinski definition) is 7. The molecule has 4 rings (SSSR count). The molecule has 158 valence electrons. The number of amides is 1. The highest BCUT2D eigenvalue weighted by molar-refractivity contribution is 7.17. The van der Waals surface area contributed by atoms with Crippen molar-refractivity contribution in [2.45, 2.75) is 20.4 Å². The van der Waals surface area contributed by atoms with Crippen LogP contribution >= 0.6 is 22.7 Å². The Labute approximate surface area is 187 Å². The lowest BCUT2D eigenvalue weighted by atomic mass is 10.1. The number of carbonyl (C=O) groups excluding carboxylic acids is 2. The molecule has 0 spiro atoms. The topological polar surface area (TPSA) is 86.1 Å². The summed E-state index contributed by atoms with van der Waals surface area (Å²) in [6.45, 7) is 4.32. The Kier molecular flexibility index (Phi) is 6.24. The Morgan fingerprint density at radius 3 is 2.65 bits per heavy atom. The lowest BCUT2D eigenvalue weighted by Crippen LogP contribution is -2.16. The number of carbonyl (C=O) groups is 2. The predicted molar refractivity (Wildman–Crippen MR) is 122 cm³/mol. The number of ether oxygens (including phenoxy) is 1. The third-order valence-electron chi connectivity index (χ3n) is 4.66. The molecule has 3 aromatic heterocycles. The molecule has 0 saturated heterocycles. The van der Waals surface area contributed by atoms with E-state index in [0.717, 1.165) is 16.0 Å². The molecular weight excluding hydrogens is 432 g/mol. The third-order valence-corrected chi connectivity index (χ3v) is 6.46. The van der Waals surface area contributed by atoms with E-state index in [9.17, 15) is 9.59 Å². The summed E-state index contributed by atoms with van der Waals surface area (Å²) in [5.74, 6) is -0.881. The monoisotopic (exact) mass is 452 g/mol. The van der Waals surface area contributed by atoms with Crippen LogP contribution in [0.25, 0.3) is 10.4 Å². The minimum atomic E-state index is -0.466. The van der Waals surface area contributed by atoms with Gasteiger partial charge in [-0.3, -0.25) is 4.79 Å². The second-order valence-electron chi connectivity index (χ2n) is 6.67. The van der Waals surface area contributed by atoms with Crippen LogP contribution in [-0.2, 0) is 11.3 Å². The highest BCUT2D eigenvalue weighted by Crippen LogP contribution is 2.38. The van der Waals surface area contributed by atoms with Crippen molar-refractivity contribution in [3.8, 4) is 10.4 Å². The van der Waals surface area contributed by atoms with Gasteiger partial charge in [0.25, 0.3) is 5.91 Å². The summed E-state index contributed by atoms with van der Waals surface area (Å²) in [6.07, 6.45) is 0.